The van der Waals surface area contributed by atoms with E-state index in [0.29, 0.717) is 25.0 Å². The smallest absolute Gasteiger partial charge is 0.269 e. The molecule has 0 atom stereocenters. The fourth-order valence-corrected chi connectivity index (χ4v) is 2.59. The molecular formula is C22H28N2O3. The highest BCUT2D eigenvalue weighted by molar-refractivity contribution is 5.95. The maximum Gasteiger partial charge on any atom is 0.269 e. The van der Waals surface area contributed by atoms with E-state index in [1.165, 1.54) is 19.3 Å². The number of rotatable bonds is 10. The lowest BCUT2D eigenvalue weighted by Crippen LogP contribution is -2.41. The van der Waals surface area contributed by atoms with Crippen molar-refractivity contribution in [3.8, 4) is 5.75 Å². The van der Waals surface area contributed by atoms with Gasteiger partial charge in [-0.1, -0.05) is 56.5 Å². The number of nitrogens with one attached hydrogen (secondary N) is 2. The van der Waals surface area contributed by atoms with Crippen LogP contribution in [0.5, 0.6) is 5.75 Å². The average molecular weight is 368 g/mol. The van der Waals surface area contributed by atoms with Crippen molar-refractivity contribution in [1.29, 1.82) is 0 Å². The second-order valence-corrected chi connectivity index (χ2v) is 6.42. The monoisotopic (exact) mass is 368 g/mol. The first-order valence-electron chi connectivity index (χ1n) is 9.55. The molecule has 0 aliphatic carbocycles. The molecule has 0 fully saturated rings. The van der Waals surface area contributed by atoms with Crippen molar-refractivity contribution in [2.24, 2.45) is 0 Å². The second kappa shape index (κ2) is 11.7. The largest absolute Gasteiger partial charge is 0.494 e. The molecule has 0 aromatic heterocycles. The van der Waals surface area contributed by atoms with E-state index < -0.39 is 0 Å². The molecule has 2 aromatic carbocycles. The summed E-state index contributed by atoms with van der Waals surface area (Å²) in [6.07, 6.45) is 5.57. The second-order valence-electron chi connectivity index (χ2n) is 6.42. The van der Waals surface area contributed by atoms with Crippen molar-refractivity contribution in [3.63, 3.8) is 0 Å². The number of benzene rings is 2. The molecule has 0 saturated heterocycles. The van der Waals surface area contributed by atoms with E-state index in [1.54, 1.807) is 24.3 Å². The van der Waals surface area contributed by atoms with E-state index in [-0.39, 0.29) is 11.8 Å². The molecule has 0 spiro atoms. The van der Waals surface area contributed by atoms with Crippen LogP contribution in [0.15, 0.2) is 54.6 Å². The van der Waals surface area contributed by atoms with Gasteiger partial charge in [0.05, 0.1) is 6.61 Å². The standard InChI is InChI=1S/C22H28N2O3/c1-2-3-4-8-17-27-20-14-12-19(13-15-20)22(26)24-23-21(25)16-11-18-9-6-5-7-10-18/h5-7,9-10,12-15H,2-4,8,11,16-17H2,1H3,(H,23,25)(H,24,26). The average Bonchev–Trinajstić information content (AvgIpc) is 2.71. The van der Waals surface area contributed by atoms with Crippen molar-refractivity contribution in [2.75, 3.05) is 6.61 Å². The minimum atomic E-state index is -0.349. The highest BCUT2D eigenvalue weighted by Crippen LogP contribution is 2.13. The molecule has 144 valence electrons. The number of hydrogen-bond acceptors (Lipinski definition) is 3. The molecular weight excluding hydrogens is 340 g/mol. The van der Waals surface area contributed by atoms with E-state index in [1.807, 2.05) is 30.3 Å². The Labute approximate surface area is 161 Å². The summed E-state index contributed by atoms with van der Waals surface area (Å²) in [5.74, 6) is 0.173. The van der Waals surface area contributed by atoms with Crippen LogP contribution >= 0.6 is 0 Å². The van der Waals surface area contributed by atoms with Crippen molar-refractivity contribution in [1.82, 2.24) is 10.9 Å². The van der Waals surface area contributed by atoms with E-state index >= 15 is 0 Å². The molecule has 0 heterocycles. The summed E-state index contributed by atoms with van der Waals surface area (Å²) >= 11 is 0. The lowest BCUT2D eigenvalue weighted by molar-refractivity contribution is -0.121. The zero-order valence-corrected chi connectivity index (χ0v) is 15.9. The van der Waals surface area contributed by atoms with Gasteiger partial charge in [0.1, 0.15) is 5.75 Å². The summed E-state index contributed by atoms with van der Waals surface area (Å²) in [5.41, 5.74) is 6.45. The molecule has 2 aromatic rings. The molecule has 0 radical (unpaired) electrons. The molecule has 2 rings (SSSR count). The molecule has 5 heteroatoms. The third kappa shape index (κ3) is 7.94. The summed E-state index contributed by atoms with van der Waals surface area (Å²) in [4.78, 5) is 24.0. The molecule has 0 bridgehead atoms. The van der Waals surface area contributed by atoms with Crippen LogP contribution in [-0.4, -0.2) is 18.4 Å². The van der Waals surface area contributed by atoms with Crippen molar-refractivity contribution in [2.45, 2.75) is 45.4 Å². The highest BCUT2D eigenvalue weighted by Gasteiger charge is 2.08. The molecule has 2 N–H and O–H groups in total. The Balaban J connectivity index is 1.68. The Bertz CT molecular complexity index is 699. The van der Waals surface area contributed by atoms with E-state index in [0.717, 1.165) is 17.7 Å². The van der Waals surface area contributed by atoms with Crippen LogP contribution < -0.4 is 15.6 Å². The van der Waals surface area contributed by atoms with Gasteiger partial charge in [-0.3, -0.25) is 20.4 Å². The van der Waals surface area contributed by atoms with Gasteiger partial charge in [-0.2, -0.15) is 0 Å². The Morgan fingerprint density at radius 1 is 0.889 bits per heavy atom. The van der Waals surface area contributed by atoms with Gasteiger partial charge in [0, 0.05) is 12.0 Å². The minimum Gasteiger partial charge on any atom is -0.494 e. The van der Waals surface area contributed by atoms with Gasteiger partial charge in [-0.05, 0) is 42.7 Å². The van der Waals surface area contributed by atoms with E-state index in [9.17, 15) is 9.59 Å². The van der Waals surface area contributed by atoms with Gasteiger partial charge >= 0.3 is 0 Å². The Morgan fingerprint density at radius 2 is 1.63 bits per heavy atom. The molecule has 0 aliphatic rings. The first kappa shape index (κ1) is 20.5. The number of amides is 2. The molecule has 0 unspecified atom stereocenters. The van der Waals surface area contributed by atoms with E-state index in [4.69, 9.17) is 4.74 Å². The van der Waals surface area contributed by atoms with Crippen LogP contribution in [0.4, 0.5) is 0 Å². The zero-order chi connectivity index (χ0) is 19.3. The van der Waals surface area contributed by atoms with Gasteiger partial charge in [0.2, 0.25) is 5.91 Å². The Kier molecular flexibility index (Phi) is 8.90. The van der Waals surface area contributed by atoms with Crippen LogP contribution in [0.25, 0.3) is 0 Å². The maximum atomic E-state index is 12.1. The summed E-state index contributed by atoms with van der Waals surface area (Å²) in [7, 11) is 0. The Morgan fingerprint density at radius 3 is 2.33 bits per heavy atom. The number of carbonyl (C=O) groups is 2. The molecule has 5 nitrogen and oxygen atoms in total. The third-order valence-corrected chi connectivity index (χ3v) is 4.18. The number of hydrazine groups is 1. The van der Waals surface area contributed by atoms with Crippen LogP contribution in [0.1, 0.15) is 54.9 Å². The van der Waals surface area contributed by atoms with Gasteiger partial charge < -0.3 is 4.74 Å². The molecule has 27 heavy (non-hydrogen) atoms. The lowest BCUT2D eigenvalue weighted by atomic mass is 10.1. The topological polar surface area (TPSA) is 67.4 Å². The summed E-state index contributed by atoms with van der Waals surface area (Å²) in [6.45, 7) is 2.86. The van der Waals surface area contributed by atoms with Gasteiger partial charge in [-0.25, -0.2) is 0 Å². The normalized spacial score (nSPS) is 10.3. The lowest BCUT2D eigenvalue weighted by Gasteiger charge is -2.09. The van der Waals surface area contributed by atoms with Crippen molar-refractivity contribution < 1.29 is 14.3 Å². The van der Waals surface area contributed by atoms with Crippen LogP contribution in [0.2, 0.25) is 0 Å². The summed E-state index contributed by atoms with van der Waals surface area (Å²) in [6, 6.07) is 16.7. The fraction of sp³-hybridized carbons (Fsp3) is 0.364. The van der Waals surface area contributed by atoms with Crippen molar-refractivity contribution in [3.05, 3.63) is 65.7 Å². The number of carbonyl (C=O) groups excluding carboxylic acids is 2. The van der Waals surface area contributed by atoms with Gasteiger partial charge in [0.25, 0.3) is 5.91 Å². The zero-order valence-electron chi connectivity index (χ0n) is 15.9. The third-order valence-electron chi connectivity index (χ3n) is 4.18. The highest BCUT2D eigenvalue weighted by atomic mass is 16.5. The first-order chi connectivity index (χ1) is 13.2. The van der Waals surface area contributed by atoms with E-state index in [2.05, 4.69) is 17.8 Å². The van der Waals surface area contributed by atoms with Gasteiger partial charge in [-0.15, -0.1) is 0 Å². The minimum absolute atomic E-state index is 0.223. The maximum absolute atomic E-state index is 12.1. The summed E-state index contributed by atoms with van der Waals surface area (Å²) < 4.78 is 5.66. The Hall–Kier alpha value is -2.82. The number of unbranched alkanes of at least 4 members (excludes halogenated alkanes) is 3. The first-order valence-corrected chi connectivity index (χ1v) is 9.55. The number of ether oxygens (including phenoxy) is 1. The SMILES string of the molecule is CCCCCCOc1ccc(C(=O)NNC(=O)CCc2ccccc2)cc1. The molecule has 2 amide bonds. The fourth-order valence-electron chi connectivity index (χ4n) is 2.59. The predicted octanol–water partition coefficient (Wildman–Crippen LogP) is 4.04. The molecule has 0 saturated carbocycles. The van der Waals surface area contributed by atoms with Crippen LogP contribution in [-0.2, 0) is 11.2 Å². The van der Waals surface area contributed by atoms with Crippen LogP contribution in [0.3, 0.4) is 0 Å². The summed E-state index contributed by atoms with van der Waals surface area (Å²) in [5, 5.41) is 0. The van der Waals surface area contributed by atoms with Crippen LogP contribution in [0, 0.1) is 0 Å². The van der Waals surface area contributed by atoms with Gasteiger partial charge in [0.15, 0.2) is 0 Å². The number of hydrogen-bond donors (Lipinski definition) is 2. The number of aryl methyl sites for hydroxylation is 1. The van der Waals surface area contributed by atoms with Crippen molar-refractivity contribution >= 4 is 11.8 Å². The quantitative estimate of drug-likeness (QED) is 0.491. The predicted molar refractivity (Wildman–Crippen MR) is 106 cm³/mol. The molecule has 0 aliphatic heterocycles.